The van der Waals surface area contributed by atoms with Crippen molar-refractivity contribution in [3.05, 3.63) is 216 Å². The van der Waals surface area contributed by atoms with Gasteiger partial charge >= 0.3 is 0 Å². The van der Waals surface area contributed by atoms with Crippen molar-refractivity contribution in [2.45, 2.75) is 25.7 Å². The van der Waals surface area contributed by atoms with Crippen LogP contribution < -0.4 is 10.6 Å². The number of rotatable bonds is 8. The molecular weight excluding hydrogens is 896 g/mol. The van der Waals surface area contributed by atoms with Crippen molar-refractivity contribution in [3.63, 3.8) is 0 Å². The van der Waals surface area contributed by atoms with Crippen LogP contribution in [0.2, 0.25) is 0 Å². The molecule has 0 heterocycles. The molecule has 0 aromatic heterocycles. The number of fused-ring (bicyclic) bond motifs is 8. The zero-order chi connectivity index (χ0) is 42.3. The Balaban J connectivity index is 0.00000144. The Kier molecular flexibility index (Phi) is 10.6. The van der Waals surface area contributed by atoms with Gasteiger partial charge in [0.05, 0.1) is 4.24 Å². The van der Waals surface area contributed by atoms with E-state index in [2.05, 4.69) is 237 Å². The molecule has 2 aliphatic rings. The summed E-state index contributed by atoms with van der Waals surface area (Å²) in [5.41, 5.74) is 20.2. The maximum absolute atomic E-state index is 3.64. The van der Waals surface area contributed by atoms with Crippen molar-refractivity contribution in [2.75, 3.05) is 14.9 Å². The Labute approximate surface area is 385 Å². The van der Waals surface area contributed by atoms with E-state index in [9.17, 15) is 0 Å². The number of nitrogens with one attached hydrogen (secondary N) is 2. The number of benzene rings is 10. The topological polar surface area (TPSA) is 24.1 Å². The molecule has 0 spiro atoms. The standard InChI is InChI=1S/C58H42N2.CH2Br2/c1-2-10-54-53(9-1)57-35-47(39-19-25-49(26-20-39)59-51-7-3-5-41(33-51)45-17-13-37-11-15-43(37)31-45)23-29-55(57)56-30-24-48(36-58(54)56)40-21-27-50(28-22-40)60-52-8-4-6-42(34-52)46-18-14-38-12-16-44(38)32-46;2-1-3/h1-10,13-14,17-36,59-60H,11-12,15-16H2;1H2. The van der Waals surface area contributed by atoms with Crippen LogP contribution in [-0.4, -0.2) is 4.24 Å². The molecular formula is C59H44Br2N2. The summed E-state index contributed by atoms with van der Waals surface area (Å²) in [7, 11) is 0. The molecule has 0 bridgehead atoms. The highest BCUT2D eigenvalue weighted by molar-refractivity contribution is 9.24. The summed E-state index contributed by atoms with van der Waals surface area (Å²) in [6.07, 6.45) is 4.82. The summed E-state index contributed by atoms with van der Waals surface area (Å²) in [5.74, 6) is 0. The van der Waals surface area contributed by atoms with Gasteiger partial charge in [0.25, 0.3) is 0 Å². The van der Waals surface area contributed by atoms with Crippen LogP contribution in [0.5, 0.6) is 0 Å². The molecule has 0 aliphatic heterocycles. The maximum Gasteiger partial charge on any atom is 0.0588 e. The zero-order valence-corrected chi connectivity index (χ0v) is 37.9. The van der Waals surface area contributed by atoms with E-state index >= 15 is 0 Å². The molecule has 2 nitrogen and oxygen atoms in total. The molecule has 12 rings (SSSR count). The summed E-state index contributed by atoms with van der Waals surface area (Å²) in [4.78, 5) is 0. The van der Waals surface area contributed by atoms with Crippen molar-refractivity contribution in [1.29, 1.82) is 0 Å². The molecule has 2 aliphatic carbocycles. The fraction of sp³-hybridized carbons (Fsp3) is 0.0847. The Hall–Kier alpha value is -6.46. The molecule has 2 N–H and O–H groups in total. The number of hydrogen-bond acceptors (Lipinski definition) is 2. The summed E-state index contributed by atoms with van der Waals surface area (Å²) < 4.78 is 0.875. The van der Waals surface area contributed by atoms with Crippen LogP contribution in [0.15, 0.2) is 194 Å². The van der Waals surface area contributed by atoms with Gasteiger partial charge in [0, 0.05) is 22.7 Å². The molecule has 4 heteroatoms. The van der Waals surface area contributed by atoms with Gasteiger partial charge in [-0.3, -0.25) is 0 Å². The van der Waals surface area contributed by atoms with Crippen molar-refractivity contribution < 1.29 is 0 Å². The number of hydrogen-bond donors (Lipinski definition) is 2. The smallest absolute Gasteiger partial charge is 0.0588 e. The summed E-state index contributed by atoms with van der Waals surface area (Å²) in [6, 6.07) is 71.7. The third kappa shape index (κ3) is 7.84. The fourth-order valence-electron chi connectivity index (χ4n) is 9.44. The lowest BCUT2D eigenvalue weighted by atomic mass is 9.86. The van der Waals surface area contributed by atoms with E-state index in [1.54, 1.807) is 0 Å². The SMILES string of the molecule is BrCBr.c1cc(Nc2ccc(-c3ccc4c5ccc(-c6ccc(Nc7cccc(-c8ccc9c(c8)CC9)c7)cc6)cc5c5ccccc5c4c3)cc2)cc(-c2ccc3c(c2)CC3)c1. The van der Waals surface area contributed by atoms with Crippen LogP contribution in [0.1, 0.15) is 22.3 Å². The lowest BCUT2D eigenvalue weighted by molar-refractivity contribution is 0.840. The van der Waals surface area contributed by atoms with Gasteiger partial charge in [-0.25, -0.2) is 0 Å². The Morgan fingerprint density at radius 1 is 0.270 bits per heavy atom. The molecule has 0 saturated heterocycles. The van der Waals surface area contributed by atoms with E-state index in [0.29, 0.717) is 0 Å². The second-order valence-corrected chi connectivity index (χ2v) is 19.3. The molecule has 0 amide bonds. The highest BCUT2D eigenvalue weighted by Gasteiger charge is 2.16. The van der Waals surface area contributed by atoms with Gasteiger partial charge in [-0.05, 0) is 185 Å². The minimum atomic E-state index is 0.875. The first-order chi connectivity index (χ1) is 31.1. The summed E-state index contributed by atoms with van der Waals surface area (Å²) >= 11 is 6.12. The van der Waals surface area contributed by atoms with Gasteiger partial charge in [-0.1, -0.05) is 165 Å². The first-order valence-electron chi connectivity index (χ1n) is 21.8. The van der Waals surface area contributed by atoms with Crippen LogP contribution in [0.25, 0.3) is 76.8 Å². The van der Waals surface area contributed by atoms with E-state index in [4.69, 9.17) is 0 Å². The minimum Gasteiger partial charge on any atom is -0.356 e. The van der Waals surface area contributed by atoms with E-state index in [1.165, 1.54) is 125 Å². The molecule has 0 atom stereocenters. The van der Waals surface area contributed by atoms with Gasteiger partial charge < -0.3 is 10.6 Å². The predicted octanol–water partition coefficient (Wildman–Crippen LogP) is 17.2. The fourth-order valence-corrected chi connectivity index (χ4v) is 9.44. The van der Waals surface area contributed by atoms with Crippen LogP contribution >= 0.6 is 31.9 Å². The van der Waals surface area contributed by atoms with E-state index in [1.807, 2.05) is 0 Å². The van der Waals surface area contributed by atoms with Crippen molar-refractivity contribution >= 4 is 86.9 Å². The summed E-state index contributed by atoms with van der Waals surface area (Å²) in [6.45, 7) is 0. The number of aryl methyl sites for hydroxylation is 4. The second-order valence-electron chi connectivity index (χ2n) is 16.7. The third-order valence-corrected chi connectivity index (χ3v) is 13.0. The average Bonchev–Trinajstić information content (AvgIpc) is 3.30. The lowest BCUT2D eigenvalue weighted by Crippen LogP contribution is -2.07. The van der Waals surface area contributed by atoms with Crippen molar-refractivity contribution in [2.24, 2.45) is 0 Å². The quantitative estimate of drug-likeness (QED) is 0.117. The van der Waals surface area contributed by atoms with Gasteiger partial charge in [0.2, 0.25) is 0 Å². The molecule has 304 valence electrons. The van der Waals surface area contributed by atoms with E-state index in [0.717, 1.165) is 27.0 Å². The molecule has 0 fully saturated rings. The van der Waals surface area contributed by atoms with Gasteiger partial charge in [0.1, 0.15) is 0 Å². The number of halogens is 2. The number of anilines is 4. The Bertz CT molecular complexity index is 3090. The van der Waals surface area contributed by atoms with Crippen LogP contribution in [0, 0.1) is 0 Å². The van der Waals surface area contributed by atoms with Crippen LogP contribution in [0.4, 0.5) is 22.7 Å². The first-order valence-corrected chi connectivity index (χ1v) is 24.0. The van der Waals surface area contributed by atoms with Crippen molar-refractivity contribution in [1.82, 2.24) is 0 Å². The van der Waals surface area contributed by atoms with Crippen LogP contribution in [0.3, 0.4) is 0 Å². The molecule has 63 heavy (non-hydrogen) atoms. The van der Waals surface area contributed by atoms with Gasteiger partial charge in [-0.15, -0.1) is 0 Å². The lowest BCUT2D eigenvalue weighted by Gasteiger charge is -2.19. The average molecular weight is 941 g/mol. The highest BCUT2D eigenvalue weighted by Crippen LogP contribution is 2.40. The van der Waals surface area contributed by atoms with E-state index in [-0.39, 0.29) is 0 Å². The minimum absolute atomic E-state index is 0.875. The normalized spacial score (nSPS) is 12.4. The monoisotopic (exact) mass is 938 g/mol. The van der Waals surface area contributed by atoms with Gasteiger partial charge in [0.15, 0.2) is 0 Å². The summed E-state index contributed by atoms with van der Waals surface area (Å²) in [5, 5.41) is 14.9. The Morgan fingerprint density at radius 3 is 1.02 bits per heavy atom. The molecule has 0 radical (unpaired) electrons. The molecule has 0 unspecified atom stereocenters. The first kappa shape index (κ1) is 39.4. The third-order valence-electron chi connectivity index (χ3n) is 13.0. The largest absolute Gasteiger partial charge is 0.356 e. The maximum atomic E-state index is 3.64. The zero-order valence-electron chi connectivity index (χ0n) is 34.8. The highest BCUT2D eigenvalue weighted by atomic mass is 79.9. The molecule has 10 aromatic carbocycles. The second kappa shape index (κ2) is 17.0. The van der Waals surface area contributed by atoms with E-state index < -0.39 is 0 Å². The van der Waals surface area contributed by atoms with Crippen LogP contribution in [-0.2, 0) is 25.7 Å². The molecule has 0 saturated carbocycles. The van der Waals surface area contributed by atoms with Gasteiger partial charge in [-0.2, -0.15) is 0 Å². The van der Waals surface area contributed by atoms with Crippen molar-refractivity contribution in [3.8, 4) is 44.5 Å². The predicted molar refractivity (Wildman–Crippen MR) is 278 cm³/mol. The number of alkyl halides is 2. The Morgan fingerprint density at radius 2 is 0.619 bits per heavy atom. The molecule has 10 aromatic rings.